The molecule has 0 saturated carbocycles. The van der Waals surface area contributed by atoms with Gasteiger partial charge in [0.15, 0.2) is 10.4 Å². The summed E-state index contributed by atoms with van der Waals surface area (Å²) < 4.78 is 0. The average molecular weight is 412 g/mol. The number of hydrogen-bond acceptors (Lipinski definition) is 6. The molecule has 0 radical (unpaired) electrons. The normalized spacial score (nSPS) is 10.8. The SMILES string of the molecule is N#Cc1c(N)[nH+]c2sc(C(=O)c3ccc(Cl)cc3)c(N)c2c1-c1cccs1. The first-order valence-corrected chi connectivity index (χ1v) is 9.89. The summed E-state index contributed by atoms with van der Waals surface area (Å²) in [5, 5.41) is 12.7. The van der Waals surface area contributed by atoms with E-state index in [0.717, 1.165) is 4.88 Å². The number of halogens is 1. The van der Waals surface area contributed by atoms with Crippen LogP contribution in [-0.4, -0.2) is 5.78 Å². The molecule has 132 valence electrons. The third kappa shape index (κ3) is 2.84. The van der Waals surface area contributed by atoms with Gasteiger partial charge in [-0.15, -0.1) is 11.3 Å². The molecule has 0 aliphatic rings. The topological polar surface area (TPSA) is 107 Å². The fourth-order valence-electron chi connectivity index (χ4n) is 2.91. The minimum Gasteiger partial charge on any atom is -0.397 e. The largest absolute Gasteiger partial charge is 0.397 e. The first-order chi connectivity index (χ1) is 13.0. The van der Waals surface area contributed by atoms with Crippen molar-refractivity contribution in [3.8, 4) is 16.5 Å². The van der Waals surface area contributed by atoms with Crippen molar-refractivity contribution in [1.29, 1.82) is 5.26 Å². The lowest BCUT2D eigenvalue weighted by atomic mass is 10.0. The zero-order valence-electron chi connectivity index (χ0n) is 13.7. The molecular weight excluding hydrogens is 400 g/mol. The maximum atomic E-state index is 13.0. The number of nitrogen functional groups attached to an aromatic ring is 2. The Bertz CT molecular complexity index is 1220. The van der Waals surface area contributed by atoms with Crippen LogP contribution in [0.4, 0.5) is 11.5 Å². The van der Waals surface area contributed by atoms with Crippen molar-refractivity contribution in [2.75, 3.05) is 11.5 Å². The van der Waals surface area contributed by atoms with Crippen molar-refractivity contribution in [3.63, 3.8) is 0 Å². The molecule has 0 bridgehead atoms. The fourth-order valence-corrected chi connectivity index (χ4v) is 4.92. The maximum Gasteiger partial charge on any atom is 0.290 e. The maximum absolute atomic E-state index is 13.0. The number of hydrogen-bond donors (Lipinski definition) is 2. The van der Waals surface area contributed by atoms with Gasteiger partial charge in [0.25, 0.3) is 5.82 Å². The molecule has 3 aromatic heterocycles. The lowest BCUT2D eigenvalue weighted by Gasteiger charge is -2.05. The van der Waals surface area contributed by atoms with Crippen LogP contribution < -0.4 is 16.5 Å². The molecule has 0 atom stereocenters. The summed E-state index contributed by atoms with van der Waals surface area (Å²) in [5.41, 5.74) is 14.2. The van der Waals surface area contributed by atoms with Crippen molar-refractivity contribution >= 4 is 61.8 Å². The van der Waals surface area contributed by atoms with Crippen LogP contribution in [0.15, 0.2) is 41.8 Å². The van der Waals surface area contributed by atoms with Crippen molar-refractivity contribution in [1.82, 2.24) is 0 Å². The van der Waals surface area contributed by atoms with Crippen molar-refractivity contribution in [2.24, 2.45) is 0 Å². The third-order valence-corrected chi connectivity index (χ3v) is 6.41. The van der Waals surface area contributed by atoms with E-state index in [1.165, 1.54) is 22.7 Å². The lowest BCUT2D eigenvalue weighted by molar-refractivity contribution is -0.323. The van der Waals surface area contributed by atoms with Crippen LogP contribution in [0.2, 0.25) is 5.02 Å². The van der Waals surface area contributed by atoms with Gasteiger partial charge < -0.3 is 5.73 Å². The summed E-state index contributed by atoms with van der Waals surface area (Å²) in [5.74, 6) is 0.0492. The second-order valence-corrected chi connectivity index (χ2v) is 8.17. The molecule has 4 aromatic rings. The second-order valence-electron chi connectivity index (χ2n) is 5.76. The van der Waals surface area contributed by atoms with Crippen LogP contribution in [-0.2, 0) is 0 Å². The molecule has 0 fully saturated rings. The van der Waals surface area contributed by atoms with E-state index >= 15 is 0 Å². The number of carbonyl (C=O) groups is 1. The predicted molar refractivity (Wildman–Crippen MR) is 110 cm³/mol. The van der Waals surface area contributed by atoms with Gasteiger partial charge in [-0.3, -0.25) is 10.5 Å². The summed E-state index contributed by atoms with van der Waals surface area (Å²) in [4.78, 5) is 17.9. The van der Waals surface area contributed by atoms with Gasteiger partial charge in [-0.25, -0.2) is 4.98 Å². The number of nitrogens with zero attached hydrogens (tertiary/aromatic N) is 1. The van der Waals surface area contributed by atoms with Crippen molar-refractivity contribution in [3.05, 3.63) is 62.8 Å². The zero-order chi connectivity index (χ0) is 19.1. The molecular formula is C19H12ClN4OS2+. The van der Waals surface area contributed by atoms with Crippen molar-refractivity contribution in [2.45, 2.75) is 0 Å². The van der Waals surface area contributed by atoms with Crippen LogP contribution in [0.5, 0.6) is 0 Å². The number of fused-ring (bicyclic) bond motifs is 1. The van der Waals surface area contributed by atoms with E-state index in [9.17, 15) is 10.1 Å². The van der Waals surface area contributed by atoms with Crippen LogP contribution in [0.3, 0.4) is 0 Å². The Kier molecular flexibility index (Phi) is 4.32. The number of thiophene rings is 2. The molecule has 0 spiro atoms. The molecule has 3 heterocycles. The standard InChI is InChI=1S/C19H11ClN4OS2/c20-10-5-3-9(4-6-10)16(25)17-15(22)14-13(12-2-1-7-26-12)11(8-21)18(23)24-19(14)27-17/h1-7H,22H2,(H2,23,24)/p+1. The van der Waals surface area contributed by atoms with Crippen LogP contribution >= 0.6 is 34.3 Å². The number of aromatic nitrogens is 1. The first kappa shape index (κ1) is 17.5. The summed E-state index contributed by atoms with van der Waals surface area (Å²) in [6.07, 6.45) is 0. The van der Waals surface area contributed by atoms with Gasteiger partial charge in [-0.1, -0.05) is 29.0 Å². The number of benzene rings is 1. The Morgan fingerprint density at radius 1 is 1.19 bits per heavy atom. The minimum absolute atomic E-state index is 0.201. The monoisotopic (exact) mass is 411 g/mol. The lowest BCUT2D eigenvalue weighted by Crippen LogP contribution is -2.13. The van der Waals surface area contributed by atoms with Gasteiger partial charge in [-0.2, -0.15) is 5.26 Å². The second kappa shape index (κ2) is 6.67. The van der Waals surface area contributed by atoms with E-state index in [0.29, 0.717) is 42.5 Å². The zero-order valence-corrected chi connectivity index (χ0v) is 16.1. The molecule has 27 heavy (non-hydrogen) atoms. The number of nitrogens with one attached hydrogen (secondary N) is 1. The number of nitrogens with two attached hydrogens (primary N) is 2. The first-order valence-electron chi connectivity index (χ1n) is 7.82. The highest BCUT2D eigenvalue weighted by Crippen LogP contribution is 2.43. The van der Waals surface area contributed by atoms with E-state index in [1.54, 1.807) is 24.3 Å². The Hall–Kier alpha value is -2.92. The molecule has 0 aliphatic carbocycles. The van der Waals surface area contributed by atoms with E-state index < -0.39 is 0 Å². The number of ketones is 1. The van der Waals surface area contributed by atoms with E-state index in [1.807, 2.05) is 17.5 Å². The summed E-state index contributed by atoms with van der Waals surface area (Å²) in [6.45, 7) is 0. The van der Waals surface area contributed by atoms with E-state index in [-0.39, 0.29) is 11.6 Å². The van der Waals surface area contributed by atoms with Crippen molar-refractivity contribution < 1.29 is 9.78 Å². The summed E-state index contributed by atoms with van der Waals surface area (Å²) in [7, 11) is 0. The number of rotatable bonds is 3. The number of aromatic amines is 1. The molecule has 1 aromatic carbocycles. The number of H-pyrrole nitrogens is 1. The Morgan fingerprint density at radius 3 is 2.56 bits per heavy atom. The summed E-state index contributed by atoms with van der Waals surface area (Å²) in [6, 6.07) is 12.6. The molecule has 0 saturated heterocycles. The highest BCUT2D eigenvalue weighted by molar-refractivity contribution is 7.21. The molecule has 0 amide bonds. The predicted octanol–water partition coefficient (Wildman–Crippen LogP) is 4.36. The molecule has 4 rings (SSSR count). The van der Waals surface area contributed by atoms with E-state index in [4.69, 9.17) is 23.1 Å². The highest BCUT2D eigenvalue weighted by atomic mass is 35.5. The van der Waals surface area contributed by atoms with Gasteiger partial charge in [0.05, 0.1) is 11.1 Å². The number of carbonyl (C=O) groups excluding carboxylic acids is 1. The number of nitriles is 1. The van der Waals surface area contributed by atoms with Crippen LogP contribution in [0.1, 0.15) is 20.8 Å². The molecule has 5 N–H and O–H groups in total. The Labute approximate surface area is 167 Å². The van der Waals surface area contributed by atoms with Crippen LogP contribution in [0, 0.1) is 11.3 Å². The van der Waals surface area contributed by atoms with Gasteiger partial charge in [-0.05, 0) is 35.7 Å². The number of pyridine rings is 1. The highest BCUT2D eigenvalue weighted by Gasteiger charge is 2.27. The van der Waals surface area contributed by atoms with E-state index in [2.05, 4.69) is 11.1 Å². The number of anilines is 2. The van der Waals surface area contributed by atoms with Crippen LogP contribution in [0.25, 0.3) is 20.7 Å². The third-order valence-electron chi connectivity index (χ3n) is 4.15. The quantitative estimate of drug-likeness (QED) is 0.488. The van der Waals surface area contributed by atoms with Gasteiger partial charge in [0.2, 0.25) is 5.78 Å². The Balaban J connectivity index is 2.00. The minimum atomic E-state index is -0.201. The summed E-state index contributed by atoms with van der Waals surface area (Å²) >= 11 is 8.62. The van der Waals surface area contributed by atoms with Gasteiger partial charge in [0, 0.05) is 21.0 Å². The van der Waals surface area contributed by atoms with Gasteiger partial charge >= 0.3 is 0 Å². The molecule has 0 unspecified atom stereocenters. The van der Waals surface area contributed by atoms with Gasteiger partial charge in [0.1, 0.15) is 10.9 Å². The molecule has 8 heteroatoms. The smallest absolute Gasteiger partial charge is 0.290 e. The molecule has 0 aliphatic heterocycles. The molecule has 5 nitrogen and oxygen atoms in total. The fraction of sp³-hybridized carbons (Fsp3) is 0. The average Bonchev–Trinajstić information content (AvgIpc) is 3.29. The Morgan fingerprint density at radius 2 is 1.93 bits per heavy atom.